The molecule has 0 bridgehead atoms. The summed E-state index contributed by atoms with van der Waals surface area (Å²) in [6.07, 6.45) is 0. The minimum Gasteiger partial charge on any atom is -0.456 e. The molecule has 0 saturated carbocycles. The number of aromatic nitrogens is 3. The van der Waals surface area contributed by atoms with Crippen LogP contribution in [-0.4, -0.2) is 15.0 Å². The van der Waals surface area contributed by atoms with Gasteiger partial charge in [-0.1, -0.05) is 121 Å². The molecule has 56 heavy (non-hydrogen) atoms. The standard InChI is InChI=1S/C51H29N3O2/c1-2-9-30(10-3-1)49-52-50(37-20-23-40-39-13-6-7-15-44(39)56-47(40)29-37)54-51(53-49)41-14-8-16-46-48(41)43-28-34(21-24-45(43)55-46)33-19-22-38-35(26-33)17-18-36-25-31-11-4-5-12-32(31)27-42(36)38/h1-29H. The zero-order valence-electron chi connectivity index (χ0n) is 29.9. The first-order valence-electron chi connectivity index (χ1n) is 18.7. The molecular formula is C51H29N3O2. The van der Waals surface area contributed by atoms with E-state index in [0.29, 0.717) is 17.5 Å². The largest absolute Gasteiger partial charge is 0.456 e. The fourth-order valence-corrected chi connectivity index (χ4v) is 8.33. The lowest BCUT2D eigenvalue weighted by Gasteiger charge is -2.10. The van der Waals surface area contributed by atoms with Gasteiger partial charge in [-0.3, -0.25) is 0 Å². The molecule has 0 N–H and O–H groups in total. The molecule has 0 saturated heterocycles. The molecule has 260 valence electrons. The summed E-state index contributed by atoms with van der Waals surface area (Å²) in [7, 11) is 0. The van der Waals surface area contributed by atoms with Crippen LogP contribution < -0.4 is 0 Å². The molecular weight excluding hydrogens is 687 g/mol. The van der Waals surface area contributed by atoms with Crippen molar-refractivity contribution in [2.45, 2.75) is 0 Å². The Morgan fingerprint density at radius 2 is 0.911 bits per heavy atom. The van der Waals surface area contributed by atoms with Gasteiger partial charge in [-0.15, -0.1) is 0 Å². The Morgan fingerprint density at radius 1 is 0.286 bits per heavy atom. The molecule has 0 amide bonds. The summed E-state index contributed by atoms with van der Waals surface area (Å²) < 4.78 is 12.7. The van der Waals surface area contributed by atoms with Crippen molar-refractivity contribution < 1.29 is 8.83 Å². The van der Waals surface area contributed by atoms with Crippen LogP contribution in [-0.2, 0) is 0 Å². The first kappa shape index (κ1) is 30.8. The lowest BCUT2D eigenvalue weighted by Crippen LogP contribution is -2.00. The van der Waals surface area contributed by atoms with Gasteiger partial charge < -0.3 is 8.83 Å². The van der Waals surface area contributed by atoms with E-state index in [1.807, 2.05) is 66.7 Å². The number of benzene rings is 9. The van der Waals surface area contributed by atoms with Crippen molar-refractivity contribution in [2.75, 3.05) is 0 Å². The minimum absolute atomic E-state index is 0.568. The third-order valence-electron chi connectivity index (χ3n) is 11.1. The topological polar surface area (TPSA) is 65.0 Å². The first-order chi connectivity index (χ1) is 27.7. The van der Waals surface area contributed by atoms with E-state index in [9.17, 15) is 0 Å². The van der Waals surface area contributed by atoms with Gasteiger partial charge in [0.15, 0.2) is 17.5 Å². The predicted molar refractivity (Wildman–Crippen MR) is 229 cm³/mol. The predicted octanol–water partition coefficient (Wildman–Crippen LogP) is 13.8. The summed E-state index contributed by atoms with van der Waals surface area (Å²) in [4.78, 5) is 15.3. The number of para-hydroxylation sites is 1. The van der Waals surface area contributed by atoms with Crippen LogP contribution in [0.1, 0.15) is 0 Å². The molecule has 0 aliphatic carbocycles. The summed E-state index contributed by atoms with van der Waals surface area (Å²) in [5.41, 5.74) is 8.11. The van der Waals surface area contributed by atoms with Gasteiger partial charge in [-0.25, -0.2) is 15.0 Å². The molecule has 5 heteroatoms. The summed E-state index contributed by atoms with van der Waals surface area (Å²) in [6, 6.07) is 61.2. The molecule has 5 nitrogen and oxygen atoms in total. The van der Waals surface area contributed by atoms with Gasteiger partial charge in [0.25, 0.3) is 0 Å². The van der Waals surface area contributed by atoms with Crippen molar-refractivity contribution in [3.8, 4) is 45.3 Å². The van der Waals surface area contributed by atoms with Gasteiger partial charge in [-0.05, 0) is 98.0 Å². The van der Waals surface area contributed by atoms with Crippen LogP contribution in [0, 0.1) is 0 Å². The molecule has 0 atom stereocenters. The monoisotopic (exact) mass is 715 g/mol. The van der Waals surface area contributed by atoms with E-state index in [1.54, 1.807) is 0 Å². The number of fused-ring (bicyclic) bond motifs is 10. The molecule has 0 spiro atoms. The van der Waals surface area contributed by atoms with E-state index in [-0.39, 0.29) is 0 Å². The summed E-state index contributed by atoms with van der Waals surface area (Å²) in [5, 5.41) is 11.6. The maximum Gasteiger partial charge on any atom is 0.164 e. The Balaban J connectivity index is 1.02. The Kier molecular flexibility index (Phi) is 6.56. The minimum atomic E-state index is 0.568. The summed E-state index contributed by atoms with van der Waals surface area (Å²) in [6.45, 7) is 0. The molecule has 0 fully saturated rings. The van der Waals surface area contributed by atoms with Gasteiger partial charge in [0, 0.05) is 38.2 Å². The Morgan fingerprint density at radius 3 is 1.80 bits per heavy atom. The van der Waals surface area contributed by atoms with Crippen LogP contribution in [0.4, 0.5) is 0 Å². The second-order valence-corrected chi connectivity index (χ2v) is 14.4. The van der Waals surface area contributed by atoms with Gasteiger partial charge in [0.1, 0.15) is 22.3 Å². The highest BCUT2D eigenvalue weighted by molar-refractivity contribution is 6.15. The highest BCUT2D eigenvalue weighted by Crippen LogP contribution is 2.40. The average molecular weight is 716 g/mol. The lowest BCUT2D eigenvalue weighted by molar-refractivity contribution is 0.668. The number of nitrogens with zero attached hydrogens (tertiary/aromatic N) is 3. The highest BCUT2D eigenvalue weighted by Gasteiger charge is 2.19. The second kappa shape index (κ2) is 11.9. The molecule has 0 aliphatic heterocycles. The van der Waals surface area contributed by atoms with Gasteiger partial charge in [0.05, 0.1) is 0 Å². The van der Waals surface area contributed by atoms with Crippen molar-refractivity contribution in [1.29, 1.82) is 0 Å². The summed E-state index contributed by atoms with van der Waals surface area (Å²) >= 11 is 0. The summed E-state index contributed by atoms with van der Waals surface area (Å²) in [5.74, 6) is 1.73. The van der Waals surface area contributed by atoms with Crippen molar-refractivity contribution in [1.82, 2.24) is 15.0 Å². The van der Waals surface area contributed by atoms with Gasteiger partial charge in [-0.2, -0.15) is 0 Å². The molecule has 0 radical (unpaired) electrons. The smallest absolute Gasteiger partial charge is 0.164 e. The van der Waals surface area contributed by atoms with E-state index in [0.717, 1.165) is 71.7 Å². The Hall–Kier alpha value is -7.63. The SMILES string of the molecule is c1ccc(-c2nc(-c3ccc4c(c3)oc3ccccc34)nc(-c3cccc4oc5ccc(-c6ccc7c(ccc8cc9ccccc9cc87)c6)cc5c34)n2)cc1. The quantitative estimate of drug-likeness (QED) is 0.134. The molecule has 12 aromatic rings. The molecule has 12 rings (SSSR count). The normalized spacial score (nSPS) is 11.9. The van der Waals surface area contributed by atoms with Crippen LogP contribution in [0.5, 0.6) is 0 Å². The number of furan rings is 2. The van der Waals surface area contributed by atoms with Gasteiger partial charge >= 0.3 is 0 Å². The van der Waals surface area contributed by atoms with Crippen LogP contribution in [0.2, 0.25) is 0 Å². The Bertz CT molecular complexity index is 3550. The van der Waals surface area contributed by atoms with E-state index in [1.165, 1.54) is 32.3 Å². The van der Waals surface area contributed by atoms with E-state index < -0.39 is 0 Å². The molecule has 3 heterocycles. The lowest BCUT2D eigenvalue weighted by atomic mass is 9.95. The molecule has 3 aromatic heterocycles. The van der Waals surface area contributed by atoms with E-state index >= 15 is 0 Å². The fourth-order valence-electron chi connectivity index (χ4n) is 8.33. The Labute approximate surface area is 320 Å². The zero-order chi connectivity index (χ0) is 36.7. The van der Waals surface area contributed by atoms with Crippen molar-refractivity contribution >= 4 is 76.2 Å². The first-order valence-corrected chi connectivity index (χ1v) is 18.7. The van der Waals surface area contributed by atoms with Crippen molar-refractivity contribution in [3.63, 3.8) is 0 Å². The highest BCUT2D eigenvalue weighted by atomic mass is 16.3. The number of hydrogen-bond donors (Lipinski definition) is 0. The number of rotatable bonds is 4. The van der Waals surface area contributed by atoms with Crippen LogP contribution in [0.25, 0.3) is 121 Å². The third kappa shape index (κ3) is 4.84. The zero-order valence-corrected chi connectivity index (χ0v) is 29.9. The van der Waals surface area contributed by atoms with Gasteiger partial charge in [0.2, 0.25) is 0 Å². The van der Waals surface area contributed by atoms with E-state index in [4.69, 9.17) is 23.8 Å². The molecule has 0 aliphatic rings. The number of hydrogen-bond acceptors (Lipinski definition) is 5. The third-order valence-corrected chi connectivity index (χ3v) is 11.1. The maximum atomic E-state index is 6.48. The van der Waals surface area contributed by atoms with Crippen LogP contribution >= 0.6 is 0 Å². The van der Waals surface area contributed by atoms with Crippen LogP contribution in [0.15, 0.2) is 185 Å². The van der Waals surface area contributed by atoms with Crippen molar-refractivity contribution in [2.24, 2.45) is 0 Å². The molecule has 0 unspecified atom stereocenters. The van der Waals surface area contributed by atoms with E-state index in [2.05, 4.69) is 109 Å². The fraction of sp³-hybridized carbons (Fsp3) is 0. The second-order valence-electron chi connectivity index (χ2n) is 14.4. The van der Waals surface area contributed by atoms with Crippen LogP contribution in [0.3, 0.4) is 0 Å². The molecule has 9 aromatic carbocycles. The average Bonchev–Trinajstić information content (AvgIpc) is 3.83. The van der Waals surface area contributed by atoms with Crippen molar-refractivity contribution in [3.05, 3.63) is 176 Å². The maximum absolute atomic E-state index is 6.48.